The lowest BCUT2D eigenvalue weighted by atomic mass is 10.1. The second-order valence-corrected chi connectivity index (χ2v) is 13.5. The van der Waals surface area contributed by atoms with Crippen LogP contribution in [-0.4, -0.2) is 37.2 Å². The zero-order chi connectivity index (χ0) is 33.8. The zero-order valence-electron chi connectivity index (χ0n) is 27.2. The first-order valence-electron chi connectivity index (χ1n) is 14.5. The number of ether oxygens (including phenoxy) is 4. The van der Waals surface area contributed by atoms with Crippen LogP contribution in [0.5, 0.6) is 11.5 Å². The minimum atomic E-state index is -4.04. The number of carbonyl (C=O) groups is 2. The molecule has 3 aromatic carbocycles. The van der Waals surface area contributed by atoms with Crippen molar-refractivity contribution in [3.8, 4) is 11.5 Å². The number of methoxy groups -OCH3 is 1. The highest BCUT2D eigenvalue weighted by Gasteiger charge is 2.37. The molecule has 1 amide bonds. The van der Waals surface area contributed by atoms with Gasteiger partial charge in [-0.3, -0.25) is 14.4 Å². The van der Waals surface area contributed by atoms with E-state index in [1.165, 1.54) is 13.2 Å². The van der Waals surface area contributed by atoms with E-state index in [2.05, 4.69) is 5.32 Å². The molecule has 0 spiro atoms. The Morgan fingerprint density at radius 3 is 1.87 bits per heavy atom. The highest BCUT2D eigenvalue weighted by atomic mass is 31.2. The molecule has 0 aliphatic rings. The fraction of sp³-hybridized carbons (Fsp3) is 0.353. The van der Waals surface area contributed by atoms with Gasteiger partial charge < -0.3 is 18.9 Å². The van der Waals surface area contributed by atoms with Crippen LogP contribution in [0.2, 0.25) is 0 Å². The van der Waals surface area contributed by atoms with E-state index in [1.54, 1.807) is 59.7 Å². The summed E-state index contributed by atoms with van der Waals surface area (Å²) < 4.78 is 52.3. The maximum atomic E-state index is 13.4. The number of amides is 1. The molecule has 0 saturated carbocycles. The molecule has 46 heavy (non-hydrogen) atoms. The average Bonchev–Trinajstić information content (AvgIpc) is 2.98. The highest BCUT2D eigenvalue weighted by Crippen LogP contribution is 2.55. The maximum Gasteiger partial charge on any atom is 0.478 e. The van der Waals surface area contributed by atoms with E-state index in [-0.39, 0.29) is 30.4 Å². The minimum Gasteiger partial charge on any atom is -0.485 e. The van der Waals surface area contributed by atoms with Crippen molar-refractivity contribution in [2.24, 2.45) is 0 Å². The number of alkyl carbamates (subject to hydrolysis) is 1. The van der Waals surface area contributed by atoms with E-state index in [9.17, 15) is 14.2 Å². The van der Waals surface area contributed by atoms with Gasteiger partial charge in [0.25, 0.3) is 0 Å². The predicted octanol–water partition coefficient (Wildman–Crippen LogP) is 7.80. The molecule has 11 nitrogen and oxygen atoms in total. The Morgan fingerprint density at radius 2 is 1.33 bits per heavy atom. The van der Waals surface area contributed by atoms with Gasteiger partial charge in [-0.05, 0) is 76.4 Å². The van der Waals surface area contributed by atoms with Crippen LogP contribution in [0, 0.1) is 0 Å². The normalized spacial score (nSPS) is 12.3. The minimum absolute atomic E-state index is 0.0151. The van der Waals surface area contributed by atoms with Crippen molar-refractivity contribution in [3.05, 3.63) is 101 Å². The summed E-state index contributed by atoms with van der Waals surface area (Å²) in [6.07, 6.45) is 0.575. The van der Waals surface area contributed by atoms with Crippen molar-refractivity contribution < 1.29 is 46.7 Å². The number of esters is 1. The Hall–Kier alpha value is -4.15. The van der Waals surface area contributed by atoms with Crippen molar-refractivity contribution in [3.63, 3.8) is 0 Å². The molecule has 0 aliphatic heterocycles. The molecule has 0 radical (unpaired) electrons. The first kappa shape index (κ1) is 36.3. The van der Waals surface area contributed by atoms with Gasteiger partial charge in [-0.1, -0.05) is 66.7 Å². The third kappa shape index (κ3) is 13.1. The second-order valence-electron chi connectivity index (χ2n) is 12.0. The molecule has 0 aliphatic carbocycles. The highest BCUT2D eigenvalue weighted by molar-refractivity contribution is 7.48. The third-order valence-electron chi connectivity index (χ3n) is 5.57. The topological polar surface area (TPSA) is 128 Å². The molecule has 248 valence electrons. The van der Waals surface area contributed by atoms with E-state index in [4.69, 9.17) is 32.5 Å². The number of phosphoric acid groups is 1. The summed E-state index contributed by atoms with van der Waals surface area (Å²) >= 11 is 0. The van der Waals surface area contributed by atoms with Gasteiger partial charge in [0.05, 0.1) is 18.3 Å². The summed E-state index contributed by atoms with van der Waals surface area (Å²) in [6.45, 7) is 10.1. The summed E-state index contributed by atoms with van der Waals surface area (Å²) in [5.41, 5.74) is 0.345. The quantitative estimate of drug-likeness (QED) is 0.0795. The molecule has 12 heteroatoms. The first-order chi connectivity index (χ1) is 21.6. The van der Waals surface area contributed by atoms with Crippen LogP contribution in [0.3, 0.4) is 0 Å². The summed E-state index contributed by atoms with van der Waals surface area (Å²) in [5.74, 6) is -0.257. The van der Waals surface area contributed by atoms with E-state index in [1.807, 2.05) is 60.7 Å². The Bertz CT molecular complexity index is 1490. The molecule has 0 aromatic heterocycles. The summed E-state index contributed by atoms with van der Waals surface area (Å²) in [7, 11) is -2.84. The molecule has 0 saturated heterocycles. The number of phosphoric ester groups is 1. The molecule has 1 N–H and O–H groups in total. The van der Waals surface area contributed by atoms with Crippen molar-refractivity contribution in [1.29, 1.82) is 0 Å². The van der Waals surface area contributed by atoms with E-state index in [0.717, 1.165) is 11.1 Å². The third-order valence-corrected chi connectivity index (χ3v) is 7.53. The first-order valence-corrected chi connectivity index (χ1v) is 16.0. The van der Waals surface area contributed by atoms with Crippen LogP contribution >= 0.6 is 7.82 Å². The summed E-state index contributed by atoms with van der Waals surface area (Å²) in [4.78, 5) is 25.0. The number of hydrogen-bond donors (Lipinski definition) is 1. The predicted molar refractivity (Wildman–Crippen MR) is 173 cm³/mol. The van der Waals surface area contributed by atoms with Crippen LogP contribution in [0.15, 0.2) is 84.6 Å². The molecule has 3 rings (SSSR count). The Labute approximate surface area is 270 Å². The van der Waals surface area contributed by atoms with Gasteiger partial charge in [-0.2, -0.15) is 0 Å². The molecule has 0 bridgehead atoms. The van der Waals surface area contributed by atoms with E-state index >= 15 is 0 Å². The van der Waals surface area contributed by atoms with Crippen molar-refractivity contribution in [2.75, 3.05) is 13.9 Å². The second kappa shape index (κ2) is 16.4. The van der Waals surface area contributed by atoms with Crippen LogP contribution in [0.25, 0.3) is 6.08 Å². The number of carbonyl (C=O) groups excluding carboxylic acids is 2. The van der Waals surface area contributed by atoms with Gasteiger partial charge in [0.1, 0.15) is 18.9 Å². The largest absolute Gasteiger partial charge is 0.485 e. The Kier molecular flexibility index (Phi) is 13.0. The standard InChI is InChI=1S/C34H42NO10P/c1-33(2,3)44-46(38,45-34(4,5)6)43-24-42-29-19-18-27(21-30(29)40-22-25-14-10-8-11-15-25)20-28(31(36)39-7)35-32(37)41-23-26-16-12-9-13-17-26/h8-21H,22-24H2,1-7H3,(H,35,37). The SMILES string of the molecule is COC(=O)C(=Cc1ccc(OCOP(=O)(OC(C)(C)C)OC(C)(C)C)c(OCc2ccccc2)c1)NC(=O)OCc1ccccc1. The lowest BCUT2D eigenvalue weighted by molar-refractivity contribution is -0.136. The molecule has 3 aromatic rings. The van der Waals surface area contributed by atoms with Crippen LogP contribution < -0.4 is 14.8 Å². The van der Waals surface area contributed by atoms with E-state index in [0.29, 0.717) is 5.56 Å². The summed E-state index contributed by atoms with van der Waals surface area (Å²) in [5, 5.41) is 2.44. The lowest BCUT2D eigenvalue weighted by Gasteiger charge is -2.30. The van der Waals surface area contributed by atoms with Crippen molar-refractivity contribution in [1.82, 2.24) is 5.32 Å². The summed E-state index contributed by atoms with van der Waals surface area (Å²) in [6, 6.07) is 23.4. The average molecular weight is 656 g/mol. The molecule has 0 heterocycles. The van der Waals surface area contributed by atoms with Crippen LogP contribution in [0.4, 0.5) is 4.79 Å². The maximum absolute atomic E-state index is 13.4. The Morgan fingerprint density at radius 1 is 0.761 bits per heavy atom. The van der Waals surface area contributed by atoms with Crippen molar-refractivity contribution >= 4 is 26.0 Å². The van der Waals surface area contributed by atoms with Gasteiger partial charge in [-0.15, -0.1) is 0 Å². The van der Waals surface area contributed by atoms with Gasteiger partial charge in [0, 0.05) is 0 Å². The fourth-order valence-electron chi connectivity index (χ4n) is 3.77. The van der Waals surface area contributed by atoms with Gasteiger partial charge >= 0.3 is 19.9 Å². The molecular formula is C34H42NO10P. The van der Waals surface area contributed by atoms with Gasteiger partial charge in [0.15, 0.2) is 11.5 Å². The van der Waals surface area contributed by atoms with E-state index < -0.39 is 37.9 Å². The number of nitrogens with one attached hydrogen (secondary N) is 1. The number of benzene rings is 3. The monoisotopic (exact) mass is 655 g/mol. The zero-order valence-corrected chi connectivity index (χ0v) is 28.1. The van der Waals surface area contributed by atoms with Gasteiger partial charge in [0.2, 0.25) is 6.79 Å². The number of hydrogen-bond acceptors (Lipinski definition) is 10. The lowest BCUT2D eigenvalue weighted by Crippen LogP contribution is -2.28. The number of rotatable bonds is 14. The molecule has 0 unspecified atom stereocenters. The smallest absolute Gasteiger partial charge is 0.478 e. The van der Waals surface area contributed by atoms with Crippen LogP contribution in [-0.2, 0) is 45.6 Å². The fourth-order valence-corrected chi connectivity index (χ4v) is 5.44. The molecular weight excluding hydrogens is 613 g/mol. The van der Waals surface area contributed by atoms with Crippen molar-refractivity contribution in [2.45, 2.75) is 66.0 Å². The molecule has 0 fully saturated rings. The van der Waals surface area contributed by atoms with Crippen LogP contribution in [0.1, 0.15) is 58.2 Å². The molecule has 0 atom stereocenters. The van der Waals surface area contributed by atoms with Gasteiger partial charge in [-0.25, -0.2) is 18.7 Å². The Balaban J connectivity index is 1.83.